The number of hydrogen-bond donors (Lipinski definition) is 0. The first-order chi connectivity index (χ1) is 5.95. The molecule has 0 aromatic rings. The van der Waals surface area contributed by atoms with Gasteiger partial charge in [-0.3, -0.25) is 4.90 Å². The first-order valence-electron chi connectivity index (χ1n) is 5.56. The predicted octanol–water partition coefficient (Wildman–Crippen LogP) is 2.37. The maximum absolute atomic E-state index is 2.84. The van der Waals surface area contributed by atoms with E-state index >= 15 is 0 Å². The number of fused-ring (bicyclic) bond motifs is 2. The second-order valence-electron chi connectivity index (χ2n) is 4.64. The van der Waals surface area contributed by atoms with E-state index in [1.807, 2.05) is 0 Å². The fourth-order valence-electron chi connectivity index (χ4n) is 3.29. The average Bonchev–Trinajstić information content (AvgIpc) is 2.28. The minimum atomic E-state index is 0.891. The predicted molar refractivity (Wildman–Crippen MR) is 49.8 cm³/mol. The van der Waals surface area contributed by atoms with Crippen molar-refractivity contribution in [2.75, 3.05) is 0 Å². The average molecular weight is 164 g/mol. The van der Waals surface area contributed by atoms with Crippen LogP contribution in [0.25, 0.3) is 0 Å². The molecule has 0 spiro atoms. The van der Waals surface area contributed by atoms with Gasteiger partial charge >= 0.3 is 0 Å². The Hall–Kier alpha value is -0.0400. The molecule has 1 nitrogen and oxygen atoms in total. The van der Waals surface area contributed by atoms with Gasteiger partial charge in [0.15, 0.2) is 0 Å². The summed E-state index contributed by atoms with van der Waals surface area (Å²) in [6, 6.07) is 2.85. The van der Waals surface area contributed by atoms with Crippen LogP contribution < -0.4 is 0 Å². The van der Waals surface area contributed by atoms with Gasteiger partial charge in [-0.1, -0.05) is 6.42 Å². The smallest absolute Gasteiger partial charge is 0.0133 e. The highest BCUT2D eigenvalue weighted by atomic mass is 15.2. The molecule has 0 aromatic heterocycles. The van der Waals surface area contributed by atoms with Crippen LogP contribution in [-0.2, 0) is 0 Å². The third kappa shape index (κ3) is 0.953. The maximum atomic E-state index is 2.84. The van der Waals surface area contributed by atoms with E-state index in [1.54, 1.807) is 0 Å². The molecule has 2 heterocycles. The molecule has 0 amide bonds. The summed E-state index contributed by atoms with van der Waals surface area (Å²) in [6.45, 7) is 0. The maximum Gasteiger partial charge on any atom is 0.0133 e. The zero-order valence-corrected chi connectivity index (χ0v) is 7.71. The Morgan fingerprint density at radius 1 is 0.917 bits per heavy atom. The van der Waals surface area contributed by atoms with Crippen molar-refractivity contribution in [1.82, 2.24) is 4.90 Å². The monoisotopic (exact) mass is 164 g/mol. The van der Waals surface area contributed by atoms with Crippen LogP contribution >= 0.6 is 0 Å². The van der Waals surface area contributed by atoms with Gasteiger partial charge in [0.1, 0.15) is 0 Å². The van der Waals surface area contributed by atoms with Gasteiger partial charge in [-0.15, -0.1) is 0 Å². The summed E-state index contributed by atoms with van der Waals surface area (Å²) in [5, 5.41) is 0. The molecule has 2 saturated heterocycles. The first-order valence-corrected chi connectivity index (χ1v) is 5.56. The molecule has 1 aliphatic carbocycles. The zero-order chi connectivity index (χ0) is 7.97. The quantitative estimate of drug-likeness (QED) is 0.575. The first kappa shape index (κ1) is 7.37. The van der Waals surface area contributed by atoms with Crippen LogP contribution in [0.4, 0.5) is 0 Å². The Kier molecular flexibility index (Phi) is 1.68. The fourth-order valence-corrected chi connectivity index (χ4v) is 3.29. The van der Waals surface area contributed by atoms with E-state index in [0.717, 1.165) is 18.1 Å². The lowest BCUT2D eigenvalue weighted by atomic mass is 9.87. The molecule has 2 aliphatic heterocycles. The number of piperidine rings is 1. The largest absolute Gasteiger partial charge is 0.294 e. The van der Waals surface area contributed by atoms with Crippen LogP contribution in [0, 0.1) is 6.42 Å². The van der Waals surface area contributed by atoms with E-state index in [1.165, 1.54) is 44.9 Å². The summed E-state index contributed by atoms with van der Waals surface area (Å²) in [4.78, 5) is 2.84. The van der Waals surface area contributed by atoms with E-state index in [0.29, 0.717) is 0 Å². The highest BCUT2D eigenvalue weighted by Gasteiger charge is 2.41. The molecule has 2 bridgehead atoms. The lowest BCUT2D eigenvalue weighted by molar-refractivity contribution is 0.0752. The molecule has 0 N–H and O–H groups in total. The minimum absolute atomic E-state index is 0.891. The van der Waals surface area contributed by atoms with Gasteiger partial charge in [-0.2, -0.15) is 0 Å². The van der Waals surface area contributed by atoms with Crippen LogP contribution in [0.5, 0.6) is 0 Å². The van der Waals surface area contributed by atoms with Crippen LogP contribution in [0.15, 0.2) is 0 Å². The van der Waals surface area contributed by atoms with Crippen LogP contribution in [-0.4, -0.2) is 23.0 Å². The summed E-state index contributed by atoms with van der Waals surface area (Å²) in [5.74, 6) is 0. The summed E-state index contributed by atoms with van der Waals surface area (Å²) < 4.78 is 0. The van der Waals surface area contributed by atoms with Crippen LogP contribution in [0.3, 0.4) is 0 Å². The molecule has 3 rings (SSSR count). The van der Waals surface area contributed by atoms with Crippen LogP contribution in [0.2, 0.25) is 0 Å². The molecule has 1 heteroatoms. The van der Waals surface area contributed by atoms with Gasteiger partial charge < -0.3 is 0 Å². The Morgan fingerprint density at radius 3 is 2.08 bits per heavy atom. The highest BCUT2D eigenvalue weighted by molar-refractivity contribution is 5.04. The van der Waals surface area contributed by atoms with Crippen molar-refractivity contribution >= 4 is 0 Å². The lowest BCUT2D eigenvalue weighted by Gasteiger charge is -2.44. The number of rotatable bonds is 1. The lowest BCUT2D eigenvalue weighted by Crippen LogP contribution is -2.49. The minimum Gasteiger partial charge on any atom is -0.294 e. The summed E-state index contributed by atoms with van der Waals surface area (Å²) >= 11 is 0. The summed E-state index contributed by atoms with van der Waals surface area (Å²) in [5.41, 5.74) is 0. The molecule has 1 saturated carbocycles. The summed E-state index contributed by atoms with van der Waals surface area (Å²) in [7, 11) is 0. The number of hydrogen-bond acceptors (Lipinski definition) is 1. The third-order valence-electron chi connectivity index (χ3n) is 4.04. The van der Waals surface area contributed by atoms with E-state index in [9.17, 15) is 0 Å². The zero-order valence-electron chi connectivity index (χ0n) is 7.71. The molecule has 67 valence electrons. The highest BCUT2D eigenvalue weighted by Crippen LogP contribution is 2.41. The molecule has 1 radical (unpaired) electrons. The molecule has 3 unspecified atom stereocenters. The van der Waals surface area contributed by atoms with Crippen molar-refractivity contribution < 1.29 is 0 Å². The normalized spacial score (nSPS) is 43.0. The second-order valence-corrected chi connectivity index (χ2v) is 4.64. The van der Waals surface area contributed by atoms with E-state index in [-0.39, 0.29) is 0 Å². The fraction of sp³-hybridized carbons (Fsp3) is 0.909. The molecule has 3 atom stereocenters. The topological polar surface area (TPSA) is 3.24 Å². The van der Waals surface area contributed by atoms with E-state index in [4.69, 9.17) is 0 Å². The molecular formula is C11H18N. The van der Waals surface area contributed by atoms with Gasteiger partial charge in [0.25, 0.3) is 0 Å². The van der Waals surface area contributed by atoms with Crippen molar-refractivity contribution in [3.63, 3.8) is 0 Å². The Balaban J connectivity index is 1.75. The van der Waals surface area contributed by atoms with Crippen molar-refractivity contribution in [1.29, 1.82) is 0 Å². The molecular weight excluding hydrogens is 146 g/mol. The standard InChI is InChI=1S/C11H18N/c1-3-9(4-1)12-10-5-2-6-11(12)8-7-10/h3,9-11H,1-2,4-8H2. The Labute approximate surface area is 75.1 Å². The summed E-state index contributed by atoms with van der Waals surface area (Å²) in [6.07, 6.45) is 12.8. The Morgan fingerprint density at radius 2 is 1.58 bits per heavy atom. The van der Waals surface area contributed by atoms with Crippen LogP contribution in [0.1, 0.15) is 44.9 Å². The second kappa shape index (κ2) is 2.73. The van der Waals surface area contributed by atoms with Gasteiger partial charge in [0.2, 0.25) is 0 Å². The van der Waals surface area contributed by atoms with Gasteiger partial charge in [0.05, 0.1) is 0 Å². The van der Waals surface area contributed by atoms with Crippen molar-refractivity contribution in [3.8, 4) is 0 Å². The van der Waals surface area contributed by atoms with Crippen molar-refractivity contribution in [2.24, 2.45) is 0 Å². The number of nitrogens with zero attached hydrogens (tertiary/aromatic N) is 1. The van der Waals surface area contributed by atoms with E-state index in [2.05, 4.69) is 11.3 Å². The van der Waals surface area contributed by atoms with Gasteiger partial charge in [-0.05, 0) is 44.9 Å². The van der Waals surface area contributed by atoms with E-state index < -0.39 is 0 Å². The Bertz CT molecular complexity index is 158. The molecule has 3 aliphatic rings. The third-order valence-corrected chi connectivity index (χ3v) is 4.04. The van der Waals surface area contributed by atoms with Gasteiger partial charge in [0, 0.05) is 18.1 Å². The van der Waals surface area contributed by atoms with Crippen molar-refractivity contribution in [3.05, 3.63) is 6.42 Å². The van der Waals surface area contributed by atoms with Gasteiger partial charge in [-0.25, -0.2) is 0 Å². The molecule has 0 aromatic carbocycles. The molecule has 12 heavy (non-hydrogen) atoms. The SMILES string of the molecule is [CH]1CCC1N1C2CCCC1CC2. The molecule has 3 fully saturated rings. The van der Waals surface area contributed by atoms with Crippen molar-refractivity contribution in [2.45, 2.75) is 63.1 Å².